The second kappa shape index (κ2) is 8.87. The van der Waals surface area contributed by atoms with E-state index in [0.29, 0.717) is 15.4 Å². The molecule has 0 unspecified atom stereocenters. The molecule has 3 rings (SSSR count). The molecule has 2 aromatic rings. The summed E-state index contributed by atoms with van der Waals surface area (Å²) in [5, 5.41) is 3.13. The van der Waals surface area contributed by atoms with Gasteiger partial charge in [-0.15, -0.1) is 22.7 Å². The van der Waals surface area contributed by atoms with Crippen LogP contribution in [0.15, 0.2) is 6.07 Å². The number of carbonyl (C=O) groups excluding carboxylic acids is 3. The van der Waals surface area contributed by atoms with Crippen LogP contribution in [0, 0.1) is 0 Å². The van der Waals surface area contributed by atoms with Crippen LogP contribution in [0.2, 0.25) is 0 Å². The minimum atomic E-state index is -0.541. The number of primary amides is 1. The molecule has 8 heteroatoms. The molecule has 0 aliphatic heterocycles. The zero-order valence-electron chi connectivity index (χ0n) is 16.1. The van der Waals surface area contributed by atoms with Crippen LogP contribution in [0.3, 0.4) is 0 Å². The Morgan fingerprint density at radius 2 is 2.00 bits per heavy atom. The smallest absolute Gasteiger partial charge is 0.348 e. The molecule has 2 heterocycles. The number of esters is 1. The first-order valence-corrected chi connectivity index (χ1v) is 11.1. The standard InChI is InChI=1S/C20H24N2O4S2/c1-3-6-13-11(4-2)9-15(27-13)20(25)26-10-16(23)22-19-17(18(21)24)12-7-5-8-14(12)28-19/h9H,3-8,10H2,1-2H3,(H2,21,24)(H,22,23). The van der Waals surface area contributed by atoms with Gasteiger partial charge in [-0.25, -0.2) is 4.79 Å². The van der Waals surface area contributed by atoms with Gasteiger partial charge in [-0.1, -0.05) is 20.3 Å². The van der Waals surface area contributed by atoms with E-state index in [1.165, 1.54) is 27.6 Å². The van der Waals surface area contributed by atoms with Crippen LogP contribution >= 0.6 is 22.7 Å². The number of carbonyl (C=O) groups is 3. The van der Waals surface area contributed by atoms with Crippen molar-refractivity contribution in [3.05, 3.63) is 37.4 Å². The van der Waals surface area contributed by atoms with Gasteiger partial charge in [-0.2, -0.15) is 0 Å². The van der Waals surface area contributed by atoms with Crippen LogP contribution < -0.4 is 11.1 Å². The predicted octanol–water partition coefficient (Wildman–Crippen LogP) is 3.71. The molecule has 6 nitrogen and oxygen atoms in total. The summed E-state index contributed by atoms with van der Waals surface area (Å²) in [6.07, 6.45) is 5.49. The number of thiophene rings is 2. The van der Waals surface area contributed by atoms with Crippen molar-refractivity contribution in [2.75, 3.05) is 11.9 Å². The maximum Gasteiger partial charge on any atom is 0.348 e. The summed E-state index contributed by atoms with van der Waals surface area (Å²) in [5.41, 5.74) is 7.99. The van der Waals surface area contributed by atoms with Gasteiger partial charge < -0.3 is 15.8 Å². The number of aryl methyl sites for hydroxylation is 3. The molecule has 0 saturated heterocycles. The predicted molar refractivity (Wildman–Crippen MR) is 111 cm³/mol. The Hall–Kier alpha value is -2.19. The molecular weight excluding hydrogens is 396 g/mol. The molecule has 3 N–H and O–H groups in total. The van der Waals surface area contributed by atoms with Gasteiger partial charge in [0.2, 0.25) is 0 Å². The van der Waals surface area contributed by atoms with E-state index in [4.69, 9.17) is 10.5 Å². The summed E-state index contributed by atoms with van der Waals surface area (Å²) in [4.78, 5) is 39.2. The van der Waals surface area contributed by atoms with Crippen molar-refractivity contribution >= 4 is 45.5 Å². The summed E-state index contributed by atoms with van der Waals surface area (Å²) in [6, 6.07) is 1.85. The lowest BCUT2D eigenvalue weighted by Gasteiger charge is -2.06. The molecule has 0 spiro atoms. The van der Waals surface area contributed by atoms with Crippen LogP contribution in [0.5, 0.6) is 0 Å². The molecule has 0 bridgehead atoms. The van der Waals surface area contributed by atoms with Crippen molar-refractivity contribution in [3.63, 3.8) is 0 Å². The largest absolute Gasteiger partial charge is 0.451 e. The molecule has 0 radical (unpaired) electrons. The van der Waals surface area contributed by atoms with Gasteiger partial charge in [0.25, 0.3) is 11.8 Å². The van der Waals surface area contributed by atoms with E-state index >= 15 is 0 Å². The Labute approximate surface area is 172 Å². The van der Waals surface area contributed by atoms with Crippen LogP contribution in [0.25, 0.3) is 0 Å². The summed E-state index contributed by atoms with van der Waals surface area (Å²) in [5.74, 6) is -1.52. The molecule has 1 aliphatic carbocycles. The topological polar surface area (TPSA) is 98.5 Å². The molecule has 150 valence electrons. The number of hydrogen-bond donors (Lipinski definition) is 2. The third kappa shape index (κ3) is 4.28. The van der Waals surface area contributed by atoms with Gasteiger partial charge in [-0.05, 0) is 49.3 Å². The highest BCUT2D eigenvalue weighted by atomic mass is 32.1. The first kappa shape index (κ1) is 20.5. The fraction of sp³-hybridized carbons (Fsp3) is 0.450. The van der Waals surface area contributed by atoms with E-state index in [-0.39, 0.29) is 0 Å². The first-order valence-electron chi connectivity index (χ1n) is 9.47. The second-order valence-electron chi connectivity index (χ2n) is 6.71. The zero-order valence-corrected chi connectivity index (χ0v) is 17.7. The van der Waals surface area contributed by atoms with Crippen molar-refractivity contribution in [3.8, 4) is 0 Å². The quantitative estimate of drug-likeness (QED) is 0.636. The Balaban J connectivity index is 1.62. The van der Waals surface area contributed by atoms with Crippen molar-refractivity contribution in [1.29, 1.82) is 0 Å². The highest BCUT2D eigenvalue weighted by Gasteiger charge is 2.26. The maximum atomic E-state index is 12.3. The highest BCUT2D eigenvalue weighted by Crippen LogP contribution is 2.38. The Bertz CT molecular complexity index is 914. The zero-order chi connectivity index (χ0) is 20.3. The van der Waals surface area contributed by atoms with E-state index < -0.39 is 24.4 Å². The van der Waals surface area contributed by atoms with Crippen molar-refractivity contribution in [2.24, 2.45) is 5.73 Å². The fourth-order valence-electron chi connectivity index (χ4n) is 3.42. The third-order valence-corrected chi connectivity index (χ3v) is 7.14. The number of hydrogen-bond acceptors (Lipinski definition) is 6. The average molecular weight is 421 g/mol. The van der Waals surface area contributed by atoms with E-state index in [0.717, 1.165) is 54.5 Å². The van der Waals surface area contributed by atoms with Gasteiger partial charge in [0, 0.05) is 9.75 Å². The molecule has 0 saturated carbocycles. The number of ether oxygens (including phenoxy) is 1. The minimum Gasteiger partial charge on any atom is -0.451 e. The van der Waals surface area contributed by atoms with Crippen molar-refractivity contribution < 1.29 is 19.1 Å². The third-order valence-electron chi connectivity index (χ3n) is 4.71. The number of nitrogens with two attached hydrogens (primary N) is 1. The molecule has 28 heavy (non-hydrogen) atoms. The lowest BCUT2D eigenvalue weighted by Crippen LogP contribution is -2.22. The SMILES string of the molecule is CCCc1sc(C(=O)OCC(=O)Nc2sc3c(c2C(N)=O)CCC3)cc1CC. The number of fused-ring (bicyclic) bond motifs is 1. The normalized spacial score (nSPS) is 12.6. The van der Waals surface area contributed by atoms with E-state index in [1.807, 2.05) is 6.07 Å². The summed E-state index contributed by atoms with van der Waals surface area (Å²) in [7, 11) is 0. The molecule has 1 aliphatic rings. The monoisotopic (exact) mass is 420 g/mol. The van der Waals surface area contributed by atoms with Crippen LogP contribution in [-0.4, -0.2) is 24.4 Å². The molecule has 2 amide bonds. The minimum absolute atomic E-state index is 0.396. The number of rotatable bonds is 8. The number of amides is 2. The summed E-state index contributed by atoms with van der Waals surface area (Å²) < 4.78 is 5.18. The van der Waals surface area contributed by atoms with Crippen LogP contribution in [-0.2, 0) is 35.2 Å². The Morgan fingerprint density at radius 3 is 2.68 bits per heavy atom. The number of nitrogens with one attached hydrogen (secondary N) is 1. The van der Waals surface area contributed by atoms with E-state index in [2.05, 4.69) is 19.2 Å². The lowest BCUT2D eigenvalue weighted by atomic mass is 10.1. The summed E-state index contributed by atoms with van der Waals surface area (Å²) >= 11 is 2.81. The van der Waals surface area contributed by atoms with Gasteiger partial charge in [0.05, 0.1) is 5.56 Å². The van der Waals surface area contributed by atoms with Gasteiger partial charge in [0.1, 0.15) is 9.88 Å². The fourth-order valence-corrected chi connectivity index (χ4v) is 5.98. The van der Waals surface area contributed by atoms with Gasteiger partial charge in [0.15, 0.2) is 6.61 Å². The van der Waals surface area contributed by atoms with Crippen LogP contribution in [0.4, 0.5) is 5.00 Å². The Morgan fingerprint density at radius 1 is 1.21 bits per heavy atom. The first-order chi connectivity index (χ1) is 13.4. The van der Waals surface area contributed by atoms with Gasteiger partial charge in [-0.3, -0.25) is 9.59 Å². The molecule has 2 aromatic heterocycles. The number of anilines is 1. The highest BCUT2D eigenvalue weighted by molar-refractivity contribution is 7.17. The molecule has 0 aromatic carbocycles. The molecule has 0 fully saturated rings. The second-order valence-corrected chi connectivity index (χ2v) is 8.95. The van der Waals surface area contributed by atoms with E-state index in [1.54, 1.807) is 0 Å². The van der Waals surface area contributed by atoms with Crippen LogP contribution in [0.1, 0.15) is 67.6 Å². The summed E-state index contributed by atoms with van der Waals surface area (Å²) in [6.45, 7) is 3.75. The maximum absolute atomic E-state index is 12.3. The van der Waals surface area contributed by atoms with Crippen molar-refractivity contribution in [2.45, 2.75) is 52.4 Å². The van der Waals surface area contributed by atoms with Crippen molar-refractivity contribution in [1.82, 2.24) is 0 Å². The Kier molecular flexibility index (Phi) is 6.51. The average Bonchev–Trinajstić information content (AvgIpc) is 3.33. The molecule has 0 atom stereocenters. The molecular formula is C20H24N2O4S2. The van der Waals surface area contributed by atoms with E-state index in [9.17, 15) is 14.4 Å². The lowest BCUT2D eigenvalue weighted by molar-refractivity contribution is -0.119. The van der Waals surface area contributed by atoms with Gasteiger partial charge >= 0.3 is 5.97 Å².